The molecule has 10 heavy (non-hydrogen) atoms. The van der Waals surface area contributed by atoms with E-state index in [1.807, 2.05) is 13.0 Å². The Morgan fingerprint density at radius 2 is 2.10 bits per heavy atom. The molecule has 0 heterocycles. The van der Waals surface area contributed by atoms with Crippen LogP contribution in [0, 0.1) is 23.7 Å². The Balaban J connectivity index is 3.63. The van der Waals surface area contributed by atoms with Gasteiger partial charge in [0.15, 0.2) is 0 Å². The Labute approximate surface area is 64.3 Å². The van der Waals surface area contributed by atoms with E-state index in [0.29, 0.717) is 11.8 Å². The van der Waals surface area contributed by atoms with E-state index in [0.717, 1.165) is 6.42 Å². The minimum atomic E-state index is 0.512. The summed E-state index contributed by atoms with van der Waals surface area (Å²) in [6.45, 7) is 9.93. The minimum absolute atomic E-state index is 0.512. The van der Waals surface area contributed by atoms with Gasteiger partial charge < -0.3 is 0 Å². The zero-order valence-electron chi connectivity index (χ0n) is 7.15. The third kappa shape index (κ3) is 4.21. The van der Waals surface area contributed by atoms with Crippen LogP contribution in [0.5, 0.6) is 0 Å². The fourth-order valence-electron chi connectivity index (χ4n) is 0.959. The lowest BCUT2D eigenvalue weighted by molar-refractivity contribution is 0.557. The maximum Gasteiger partial charge on any atom is 0.0179 e. The average molecular weight is 136 g/mol. The fraction of sp³-hybridized carbons (Fsp3) is 0.600. The normalized spacial score (nSPS) is 14.7. The van der Waals surface area contributed by atoms with Crippen molar-refractivity contribution in [3.8, 4) is 11.8 Å². The second-order valence-electron chi connectivity index (χ2n) is 2.74. The molecule has 0 heteroatoms. The Morgan fingerprint density at radius 3 is 2.50 bits per heavy atom. The van der Waals surface area contributed by atoms with Crippen LogP contribution >= 0.6 is 0 Å². The highest BCUT2D eigenvalue weighted by Crippen LogP contribution is 2.10. The van der Waals surface area contributed by atoms with Crippen molar-refractivity contribution >= 4 is 0 Å². The first-order valence-corrected chi connectivity index (χ1v) is 3.75. The molecule has 0 aromatic heterocycles. The van der Waals surface area contributed by atoms with E-state index in [-0.39, 0.29) is 0 Å². The van der Waals surface area contributed by atoms with E-state index in [4.69, 9.17) is 0 Å². The molecule has 2 atom stereocenters. The molecule has 0 radical (unpaired) electrons. The van der Waals surface area contributed by atoms with Crippen LogP contribution in [0.25, 0.3) is 0 Å². The van der Waals surface area contributed by atoms with Crippen LogP contribution in [0.15, 0.2) is 12.7 Å². The Kier molecular flexibility index (Phi) is 4.76. The molecule has 0 saturated heterocycles. The molecule has 0 aliphatic rings. The lowest BCUT2D eigenvalue weighted by Crippen LogP contribution is -1.97. The molecule has 0 aromatic rings. The highest BCUT2D eigenvalue weighted by molar-refractivity contribution is 5.00. The second kappa shape index (κ2) is 5.11. The third-order valence-electron chi connectivity index (χ3n) is 1.52. The standard InChI is InChI=1S/C10H16/c1-5-7-10(4)8-9(3)6-2/h6,9-10H,2,8H2,1,3-4H3. The van der Waals surface area contributed by atoms with Crippen molar-refractivity contribution in [1.82, 2.24) is 0 Å². The second-order valence-corrected chi connectivity index (χ2v) is 2.74. The summed E-state index contributed by atoms with van der Waals surface area (Å²) in [6.07, 6.45) is 3.11. The number of hydrogen-bond donors (Lipinski definition) is 0. The number of allylic oxidation sites excluding steroid dienone is 1. The van der Waals surface area contributed by atoms with Gasteiger partial charge in [-0.25, -0.2) is 0 Å². The first kappa shape index (κ1) is 9.30. The quantitative estimate of drug-likeness (QED) is 0.413. The van der Waals surface area contributed by atoms with E-state index in [1.165, 1.54) is 0 Å². The molecular weight excluding hydrogens is 120 g/mol. The zero-order valence-corrected chi connectivity index (χ0v) is 7.15. The first-order chi connectivity index (χ1) is 4.70. The Morgan fingerprint density at radius 1 is 1.50 bits per heavy atom. The van der Waals surface area contributed by atoms with Gasteiger partial charge in [-0.1, -0.05) is 19.9 Å². The van der Waals surface area contributed by atoms with Gasteiger partial charge in [-0.05, 0) is 19.3 Å². The van der Waals surface area contributed by atoms with Crippen molar-refractivity contribution in [2.75, 3.05) is 0 Å². The highest BCUT2D eigenvalue weighted by Gasteiger charge is 2.00. The van der Waals surface area contributed by atoms with Gasteiger partial charge in [0, 0.05) is 5.92 Å². The van der Waals surface area contributed by atoms with Crippen molar-refractivity contribution in [3.63, 3.8) is 0 Å². The largest absolute Gasteiger partial charge is 0.106 e. The molecule has 0 rings (SSSR count). The molecule has 0 bridgehead atoms. The van der Waals surface area contributed by atoms with Crippen molar-refractivity contribution < 1.29 is 0 Å². The summed E-state index contributed by atoms with van der Waals surface area (Å²) in [5.74, 6) is 7.13. The lowest BCUT2D eigenvalue weighted by atomic mass is 9.98. The SMILES string of the molecule is C=CC(C)CC(C)C#CC. The number of hydrogen-bond acceptors (Lipinski definition) is 0. The van der Waals surface area contributed by atoms with Crippen molar-refractivity contribution in [2.24, 2.45) is 11.8 Å². The Bertz CT molecular complexity index is 145. The van der Waals surface area contributed by atoms with E-state index in [9.17, 15) is 0 Å². The van der Waals surface area contributed by atoms with Gasteiger partial charge in [-0.2, -0.15) is 0 Å². The summed E-state index contributed by atoms with van der Waals surface area (Å²) in [4.78, 5) is 0. The summed E-state index contributed by atoms with van der Waals surface area (Å²) in [7, 11) is 0. The zero-order chi connectivity index (χ0) is 7.98. The molecule has 0 nitrogen and oxygen atoms in total. The van der Waals surface area contributed by atoms with Gasteiger partial charge in [0.2, 0.25) is 0 Å². The predicted octanol–water partition coefficient (Wildman–Crippen LogP) is 2.86. The van der Waals surface area contributed by atoms with Crippen molar-refractivity contribution in [2.45, 2.75) is 27.2 Å². The Hall–Kier alpha value is -0.700. The smallest absolute Gasteiger partial charge is 0.0179 e. The van der Waals surface area contributed by atoms with Crippen LogP contribution in [-0.2, 0) is 0 Å². The van der Waals surface area contributed by atoms with Gasteiger partial charge in [0.05, 0.1) is 0 Å². The molecule has 0 amide bonds. The van der Waals surface area contributed by atoms with Gasteiger partial charge in [0.25, 0.3) is 0 Å². The van der Waals surface area contributed by atoms with Gasteiger partial charge in [0.1, 0.15) is 0 Å². The van der Waals surface area contributed by atoms with E-state index in [1.54, 1.807) is 0 Å². The number of rotatable bonds is 3. The average Bonchev–Trinajstić information content (AvgIpc) is 1.88. The molecule has 0 aliphatic carbocycles. The highest BCUT2D eigenvalue weighted by atomic mass is 14.0. The summed E-state index contributed by atoms with van der Waals surface area (Å²) in [5.41, 5.74) is 0. The van der Waals surface area contributed by atoms with E-state index < -0.39 is 0 Å². The lowest BCUT2D eigenvalue weighted by Gasteiger charge is -2.06. The maximum absolute atomic E-state index is 3.73. The molecule has 56 valence electrons. The summed E-state index contributed by atoms with van der Waals surface area (Å²) in [6, 6.07) is 0. The summed E-state index contributed by atoms with van der Waals surface area (Å²) < 4.78 is 0. The van der Waals surface area contributed by atoms with Crippen LogP contribution in [-0.4, -0.2) is 0 Å². The molecule has 2 unspecified atom stereocenters. The molecule has 0 saturated carbocycles. The molecular formula is C10H16. The van der Waals surface area contributed by atoms with E-state index >= 15 is 0 Å². The summed E-state index contributed by atoms with van der Waals surface area (Å²) in [5, 5.41) is 0. The topological polar surface area (TPSA) is 0 Å². The van der Waals surface area contributed by atoms with Crippen LogP contribution in [0.4, 0.5) is 0 Å². The van der Waals surface area contributed by atoms with Crippen LogP contribution in [0.2, 0.25) is 0 Å². The molecule has 0 spiro atoms. The fourth-order valence-corrected chi connectivity index (χ4v) is 0.959. The molecule has 0 aliphatic heterocycles. The van der Waals surface area contributed by atoms with E-state index in [2.05, 4.69) is 32.3 Å². The van der Waals surface area contributed by atoms with Crippen molar-refractivity contribution in [3.05, 3.63) is 12.7 Å². The van der Waals surface area contributed by atoms with Gasteiger partial charge in [-0.15, -0.1) is 18.4 Å². The van der Waals surface area contributed by atoms with Crippen molar-refractivity contribution in [1.29, 1.82) is 0 Å². The predicted molar refractivity (Wildman–Crippen MR) is 46.6 cm³/mol. The third-order valence-corrected chi connectivity index (χ3v) is 1.52. The van der Waals surface area contributed by atoms with Gasteiger partial charge >= 0.3 is 0 Å². The van der Waals surface area contributed by atoms with Gasteiger partial charge in [-0.3, -0.25) is 0 Å². The monoisotopic (exact) mass is 136 g/mol. The molecule has 0 fully saturated rings. The summed E-state index contributed by atoms with van der Waals surface area (Å²) >= 11 is 0. The molecule has 0 aromatic carbocycles. The molecule has 0 N–H and O–H groups in total. The van der Waals surface area contributed by atoms with Crippen LogP contribution in [0.1, 0.15) is 27.2 Å². The minimum Gasteiger partial charge on any atom is -0.106 e. The van der Waals surface area contributed by atoms with Crippen LogP contribution in [0.3, 0.4) is 0 Å². The maximum atomic E-state index is 3.73. The van der Waals surface area contributed by atoms with Crippen LogP contribution < -0.4 is 0 Å². The first-order valence-electron chi connectivity index (χ1n) is 3.75.